The van der Waals surface area contributed by atoms with Crippen molar-refractivity contribution >= 4 is 34.4 Å². The first-order chi connectivity index (χ1) is 20.7. The second kappa shape index (κ2) is 10.00. The fourth-order valence-electron chi connectivity index (χ4n) is 7.63. The molecule has 1 aromatic heterocycles. The molecule has 2 aliphatic carbocycles. The molecule has 1 fully saturated rings. The average Bonchev–Trinajstić information content (AvgIpc) is 3.37. The number of ether oxygens (including phenoxy) is 1. The largest absolute Gasteiger partial charge is 0.479 e. The maximum absolute atomic E-state index is 15.2. The summed E-state index contributed by atoms with van der Waals surface area (Å²) < 4.78 is 20.7. The van der Waals surface area contributed by atoms with Crippen LogP contribution in [-0.4, -0.2) is 56.2 Å². The smallest absolute Gasteiger partial charge is 0.223 e. The lowest BCUT2D eigenvalue weighted by molar-refractivity contribution is -0.127. The summed E-state index contributed by atoms with van der Waals surface area (Å²) in [5.74, 6) is 2.89. The Morgan fingerprint density at radius 2 is 1.98 bits per heavy atom. The summed E-state index contributed by atoms with van der Waals surface area (Å²) in [6, 6.07) is 1.06. The molecule has 4 heterocycles. The Morgan fingerprint density at radius 3 is 2.67 bits per heavy atom. The van der Waals surface area contributed by atoms with Gasteiger partial charge in [-0.1, -0.05) is 6.92 Å². The van der Waals surface area contributed by atoms with Crippen LogP contribution in [0, 0.1) is 18.7 Å². The zero-order chi connectivity index (χ0) is 30.2. The third-order valence-electron chi connectivity index (χ3n) is 10.1. The molecule has 222 valence electrons. The maximum atomic E-state index is 15.2. The number of carbonyl (C=O) groups is 1. The van der Waals surface area contributed by atoms with Gasteiger partial charge in [-0.05, 0) is 74.6 Å². The second-order valence-electron chi connectivity index (χ2n) is 12.2. The van der Waals surface area contributed by atoms with Crippen molar-refractivity contribution in [3.8, 4) is 0 Å². The van der Waals surface area contributed by atoms with Crippen molar-refractivity contribution in [2.45, 2.75) is 83.1 Å². The van der Waals surface area contributed by atoms with Gasteiger partial charge in [0.25, 0.3) is 0 Å². The molecule has 7 rings (SSSR count). The highest BCUT2D eigenvalue weighted by molar-refractivity contribution is 5.94. The summed E-state index contributed by atoms with van der Waals surface area (Å²) >= 11 is 0. The second-order valence-corrected chi connectivity index (χ2v) is 12.2. The van der Waals surface area contributed by atoms with Crippen molar-refractivity contribution in [3.05, 3.63) is 68.5 Å². The highest BCUT2D eigenvalue weighted by atomic mass is 19.1. The molecule has 0 spiro atoms. The van der Waals surface area contributed by atoms with Gasteiger partial charge in [0.05, 0.1) is 35.6 Å². The van der Waals surface area contributed by atoms with E-state index in [1.807, 2.05) is 5.94 Å². The van der Waals surface area contributed by atoms with Gasteiger partial charge in [0.1, 0.15) is 18.1 Å². The molecule has 1 aromatic carbocycles. The molecule has 43 heavy (non-hydrogen) atoms. The highest BCUT2D eigenvalue weighted by Gasteiger charge is 2.48. The number of pyridine rings is 1. The van der Waals surface area contributed by atoms with Crippen LogP contribution >= 0.6 is 0 Å². The lowest BCUT2D eigenvalue weighted by Gasteiger charge is -2.39. The number of aryl methyl sites for hydroxylation is 1. The van der Waals surface area contributed by atoms with Crippen LogP contribution in [0.5, 0.6) is 0 Å². The van der Waals surface area contributed by atoms with Gasteiger partial charge in [-0.15, -0.1) is 0 Å². The van der Waals surface area contributed by atoms with Gasteiger partial charge >= 0.3 is 0 Å². The van der Waals surface area contributed by atoms with E-state index >= 15 is 4.39 Å². The maximum Gasteiger partial charge on any atom is 0.223 e. The first kappa shape index (κ1) is 27.7. The molecule has 5 aliphatic rings. The Labute approximate surface area is 247 Å². The standard InChI is InChI=1S/C33H32FN3O6/c1-3-33(42)22-10-26-31-20(12-37(26)27(13-38)21(22)15-43-28(33)14-39)30-24(36-32(41)17-4-6-18(40)7-5-17)9-8-19-16(2)23(34)11-25(35-31)29(19)30/h10-11,17-18,24,40,42H,3-9,12,15H2,1-2H3,(H,36,41)/t17-,18-,24-,33-/m0/s1. The number of hydrogen-bond acceptors (Lipinski definition) is 8. The zero-order valence-corrected chi connectivity index (χ0v) is 24.1. The highest BCUT2D eigenvalue weighted by Crippen LogP contribution is 2.51. The average molecular weight is 586 g/mol. The van der Waals surface area contributed by atoms with E-state index in [0.717, 1.165) is 22.1 Å². The van der Waals surface area contributed by atoms with E-state index in [1.54, 1.807) is 30.8 Å². The van der Waals surface area contributed by atoms with Gasteiger partial charge in [0, 0.05) is 34.1 Å². The number of hydrogen-bond donors (Lipinski definition) is 3. The van der Waals surface area contributed by atoms with Crippen LogP contribution in [0.4, 0.5) is 4.39 Å². The number of halogens is 1. The molecule has 0 bridgehead atoms. The van der Waals surface area contributed by atoms with Gasteiger partial charge in [-0.3, -0.25) is 4.79 Å². The van der Waals surface area contributed by atoms with E-state index < -0.39 is 5.60 Å². The third kappa shape index (κ3) is 3.98. The van der Waals surface area contributed by atoms with E-state index in [0.29, 0.717) is 72.1 Å². The molecule has 1 saturated carbocycles. The van der Waals surface area contributed by atoms with Crippen LogP contribution in [0.3, 0.4) is 0 Å². The number of nitrogens with zero attached hydrogens (tertiary/aromatic N) is 2. The summed E-state index contributed by atoms with van der Waals surface area (Å²) in [6.07, 6.45) is 5.04. The number of aromatic nitrogens is 1. The summed E-state index contributed by atoms with van der Waals surface area (Å²) in [7, 11) is 0. The molecule has 2 atom stereocenters. The Balaban J connectivity index is 1.41. The minimum absolute atomic E-state index is 0.0585. The van der Waals surface area contributed by atoms with Gasteiger partial charge in [0.15, 0.2) is 17.5 Å². The van der Waals surface area contributed by atoms with E-state index in [2.05, 4.69) is 5.32 Å². The molecule has 1 amide bonds. The predicted octanol–water partition coefficient (Wildman–Crippen LogP) is 3.41. The number of aliphatic hydroxyl groups excluding tert-OH is 1. The molecule has 3 N–H and O–H groups in total. The van der Waals surface area contributed by atoms with Crippen molar-refractivity contribution in [3.63, 3.8) is 0 Å². The number of rotatable bonds is 3. The third-order valence-corrected chi connectivity index (χ3v) is 10.1. The number of carbonyl (C=O) groups excluding carboxylic acids is 3. The van der Waals surface area contributed by atoms with Gasteiger partial charge in [-0.2, -0.15) is 0 Å². The Kier molecular flexibility index (Phi) is 6.45. The molecule has 3 aliphatic heterocycles. The first-order valence-corrected chi connectivity index (χ1v) is 14.9. The Bertz CT molecular complexity index is 1770. The number of nitrogens with one attached hydrogen (secondary N) is 1. The molecule has 10 heteroatoms. The number of amides is 1. The Hall–Kier alpha value is -4.07. The quantitative estimate of drug-likeness (QED) is 0.468. The van der Waals surface area contributed by atoms with Crippen molar-refractivity contribution in [2.24, 2.45) is 5.92 Å². The monoisotopic (exact) mass is 585 g/mol. The van der Waals surface area contributed by atoms with Gasteiger partial charge in [0.2, 0.25) is 11.7 Å². The van der Waals surface area contributed by atoms with Crippen LogP contribution in [-0.2, 0) is 32.1 Å². The van der Waals surface area contributed by atoms with E-state index in [4.69, 9.17) is 9.72 Å². The first-order valence-electron chi connectivity index (χ1n) is 14.9. The fraction of sp³-hybridized carbons (Fsp3) is 0.455. The van der Waals surface area contributed by atoms with E-state index in [-0.39, 0.29) is 60.8 Å². The van der Waals surface area contributed by atoms with Crippen LogP contribution < -0.4 is 5.32 Å². The SMILES string of the molecule is CC[C@@]1(O)C(=C=O)OCC2=C1C=C1c3nc4cc(F)c(C)c5c4c(c3CN1C2=C=O)[C@@H](NC(=O)[C@H]1CC[C@H](O)CC1)CC5. The fourth-order valence-corrected chi connectivity index (χ4v) is 7.63. The summed E-state index contributed by atoms with van der Waals surface area (Å²) in [6.45, 7) is 3.62. The van der Waals surface area contributed by atoms with Crippen molar-refractivity contribution in [1.29, 1.82) is 0 Å². The van der Waals surface area contributed by atoms with E-state index in [1.165, 1.54) is 6.07 Å². The molecular formula is C33H32FN3O6. The minimum atomic E-state index is -1.79. The lowest BCUT2D eigenvalue weighted by Crippen LogP contribution is -2.42. The topological polar surface area (TPSA) is 129 Å². The predicted molar refractivity (Wildman–Crippen MR) is 154 cm³/mol. The van der Waals surface area contributed by atoms with Crippen molar-refractivity contribution in [1.82, 2.24) is 15.2 Å². The van der Waals surface area contributed by atoms with Crippen LogP contribution in [0.1, 0.15) is 79.4 Å². The number of aliphatic hydroxyl groups is 2. The number of fused-ring (bicyclic) bond motifs is 4. The molecule has 0 unspecified atom stereocenters. The summed E-state index contributed by atoms with van der Waals surface area (Å²) in [4.78, 5) is 44.3. The lowest BCUT2D eigenvalue weighted by atomic mass is 9.80. The molecule has 2 aromatic rings. The summed E-state index contributed by atoms with van der Waals surface area (Å²) in [5.41, 5.74) is 3.79. The minimum Gasteiger partial charge on any atom is -0.479 e. The van der Waals surface area contributed by atoms with Gasteiger partial charge in [-0.25, -0.2) is 19.0 Å². The zero-order valence-electron chi connectivity index (χ0n) is 24.1. The Morgan fingerprint density at radius 1 is 1.21 bits per heavy atom. The van der Waals surface area contributed by atoms with Crippen molar-refractivity contribution < 1.29 is 33.7 Å². The normalized spacial score (nSPS) is 27.5. The molecule has 0 radical (unpaired) electrons. The number of benzene rings is 1. The molecular weight excluding hydrogens is 553 g/mol. The van der Waals surface area contributed by atoms with E-state index in [9.17, 15) is 24.6 Å². The molecule has 9 nitrogen and oxygen atoms in total. The van der Waals surface area contributed by atoms with Crippen molar-refractivity contribution in [2.75, 3.05) is 6.61 Å². The van der Waals surface area contributed by atoms with Crippen LogP contribution in [0.25, 0.3) is 16.6 Å². The van der Waals surface area contributed by atoms with Crippen LogP contribution in [0.15, 0.2) is 34.7 Å². The van der Waals surface area contributed by atoms with Crippen LogP contribution in [0.2, 0.25) is 0 Å². The molecule has 0 saturated heterocycles. The van der Waals surface area contributed by atoms with Gasteiger partial charge < -0.3 is 25.2 Å². The summed E-state index contributed by atoms with van der Waals surface area (Å²) in [5, 5.41) is 25.6.